The van der Waals surface area contributed by atoms with Crippen LogP contribution in [0, 0.1) is 0 Å². The highest BCUT2D eigenvalue weighted by atomic mass is 16.5. The standard InChI is InChI=1S/C9H17N3O2/c1-11(2)4-5-12-8(7-13)9(14-3)6-10-12/h6,13H,4-5,7H2,1-3H3. The van der Waals surface area contributed by atoms with Crippen LogP contribution in [0.2, 0.25) is 0 Å². The first-order valence-corrected chi connectivity index (χ1v) is 4.53. The largest absolute Gasteiger partial charge is 0.493 e. The minimum atomic E-state index is -0.0450. The van der Waals surface area contributed by atoms with E-state index in [1.807, 2.05) is 14.1 Å². The zero-order chi connectivity index (χ0) is 10.6. The molecule has 0 saturated heterocycles. The lowest BCUT2D eigenvalue weighted by atomic mass is 10.4. The van der Waals surface area contributed by atoms with Crippen molar-refractivity contribution < 1.29 is 9.84 Å². The average molecular weight is 199 g/mol. The predicted octanol–water partition coefficient (Wildman–Crippen LogP) is -0.0544. The third-order valence-corrected chi connectivity index (χ3v) is 2.04. The number of likely N-dealkylation sites (N-methyl/N-ethyl adjacent to an activating group) is 1. The fourth-order valence-electron chi connectivity index (χ4n) is 1.21. The van der Waals surface area contributed by atoms with Crippen LogP contribution in [0.25, 0.3) is 0 Å². The molecule has 1 aromatic rings. The van der Waals surface area contributed by atoms with Gasteiger partial charge < -0.3 is 14.7 Å². The van der Waals surface area contributed by atoms with Crippen LogP contribution in [0.4, 0.5) is 0 Å². The summed E-state index contributed by atoms with van der Waals surface area (Å²) in [6.07, 6.45) is 1.63. The third kappa shape index (κ3) is 2.46. The highest BCUT2D eigenvalue weighted by Crippen LogP contribution is 2.16. The number of aliphatic hydroxyl groups excluding tert-OH is 1. The Bertz CT molecular complexity index is 284. The summed E-state index contributed by atoms with van der Waals surface area (Å²) in [6.45, 7) is 1.60. The lowest BCUT2D eigenvalue weighted by Gasteiger charge is -2.11. The van der Waals surface area contributed by atoms with Gasteiger partial charge in [-0.15, -0.1) is 0 Å². The molecule has 5 heteroatoms. The number of hydrogen-bond donors (Lipinski definition) is 1. The molecule has 14 heavy (non-hydrogen) atoms. The van der Waals surface area contributed by atoms with Crippen LogP contribution in [0.15, 0.2) is 6.20 Å². The summed E-state index contributed by atoms with van der Waals surface area (Å²) in [5, 5.41) is 13.3. The van der Waals surface area contributed by atoms with Gasteiger partial charge in [0.05, 0.1) is 26.5 Å². The lowest BCUT2D eigenvalue weighted by molar-refractivity contribution is 0.256. The molecule has 0 saturated carbocycles. The number of rotatable bonds is 5. The van der Waals surface area contributed by atoms with Crippen molar-refractivity contribution in [1.82, 2.24) is 14.7 Å². The maximum absolute atomic E-state index is 9.13. The van der Waals surface area contributed by atoms with E-state index in [9.17, 15) is 0 Å². The first-order valence-electron chi connectivity index (χ1n) is 4.53. The number of methoxy groups -OCH3 is 1. The molecule has 0 fully saturated rings. The van der Waals surface area contributed by atoms with Gasteiger partial charge in [-0.05, 0) is 14.1 Å². The molecular weight excluding hydrogens is 182 g/mol. The number of nitrogens with zero attached hydrogens (tertiary/aromatic N) is 3. The number of ether oxygens (including phenoxy) is 1. The van der Waals surface area contributed by atoms with Crippen molar-refractivity contribution in [3.63, 3.8) is 0 Å². The Morgan fingerprint density at radius 1 is 1.57 bits per heavy atom. The van der Waals surface area contributed by atoms with E-state index in [-0.39, 0.29) is 6.61 Å². The summed E-state index contributed by atoms with van der Waals surface area (Å²) < 4.78 is 6.83. The average Bonchev–Trinajstić information content (AvgIpc) is 2.56. The van der Waals surface area contributed by atoms with Gasteiger partial charge in [-0.3, -0.25) is 4.68 Å². The first-order chi connectivity index (χ1) is 6.69. The second-order valence-electron chi connectivity index (χ2n) is 3.34. The van der Waals surface area contributed by atoms with Crippen LogP contribution in [-0.4, -0.2) is 47.5 Å². The Morgan fingerprint density at radius 3 is 2.79 bits per heavy atom. The van der Waals surface area contributed by atoms with Gasteiger partial charge in [-0.1, -0.05) is 0 Å². The van der Waals surface area contributed by atoms with Crippen molar-refractivity contribution in [1.29, 1.82) is 0 Å². The van der Waals surface area contributed by atoms with Crippen molar-refractivity contribution in [2.75, 3.05) is 27.7 Å². The van der Waals surface area contributed by atoms with E-state index in [1.165, 1.54) is 0 Å². The Morgan fingerprint density at radius 2 is 2.29 bits per heavy atom. The highest BCUT2D eigenvalue weighted by molar-refractivity contribution is 5.24. The van der Waals surface area contributed by atoms with Crippen LogP contribution in [0.5, 0.6) is 5.75 Å². The monoisotopic (exact) mass is 199 g/mol. The molecule has 1 aromatic heterocycles. The zero-order valence-electron chi connectivity index (χ0n) is 8.90. The summed E-state index contributed by atoms with van der Waals surface area (Å²) in [5.74, 6) is 0.645. The summed E-state index contributed by atoms with van der Waals surface area (Å²) in [6, 6.07) is 0. The molecular formula is C9H17N3O2. The predicted molar refractivity (Wildman–Crippen MR) is 53.3 cm³/mol. The number of aliphatic hydroxyl groups is 1. The van der Waals surface area contributed by atoms with E-state index in [0.29, 0.717) is 5.75 Å². The molecule has 0 unspecified atom stereocenters. The molecule has 80 valence electrons. The molecule has 1 rings (SSSR count). The molecule has 5 nitrogen and oxygen atoms in total. The van der Waals surface area contributed by atoms with E-state index in [4.69, 9.17) is 9.84 Å². The Hall–Kier alpha value is -1.07. The van der Waals surface area contributed by atoms with Crippen molar-refractivity contribution in [2.45, 2.75) is 13.2 Å². The number of aromatic nitrogens is 2. The van der Waals surface area contributed by atoms with Crippen molar-refractivity contribution in [2.24, 2.45) is 0 Å². The van der Waals surface area contributed by atoms with E-state index < -0.39 is 0 Å². The van der Waals surface area contributed by atoms with Gasteiger partial charge in [0.1, 0.15) is 5.69 Å². The smallest absolute Gasteiger partial charge is 0.162 e. The SMILES string of the molecule is COc1cnn(CCN(C)C)c1CO. The normalized spacial score (nSPS) is 10.9. The van der Waals surface area contributed by atoms with Gasteiger partial charge in [0, 0.05) is 6.54 Å². The number of hydrogen-bond acceptors (Lipinski definition) is 4. The molecule has 1 N–H and O–H groups in total. The summed E-state index contributed by atoms with van der Waals surface area (Å²) in [4.78, 5) is 2.06. The Kier molecular flexibility index (Phi) is 3.91. The highest BCUT2D eigenvalue weighted by Gasteiger charge is 2.09. The molecule has 0 aromatic carbocycles. The first kappa shape index (κ1) is 11.0. The molecule has 0 radical (unpaired) electrons. The van der Waals surface area contributed by atoms with E-state index in [0.717, 1.165) is 18.8 Å². The van der Waals surface area contributed by atoms with Crippen molar-refractivity contribution in [3.05, 3.63) is 11.9 Å². The maximum atomic E-state index is 9.13. The van der Waals surface area contributed by atoms with Gasteiger partial charge in [-0.25, -0.2) is 0 Å². The van der Waals surface area contributed by atoms with E-state index in [2.05, 4.69) is 10.00 Å². The molecule has 1 heterocycles. The van der Waals surface area contributed by atoms with Crippen LogP contribution in [0.1, 0.15) is 5.69 Å². The molecule has 0 spiro atoms. The Balaban J connectivity index is 2.71. The third-order valence-electron chi connectivity index (χ3n) is 2.04. The van der Waals surface area contributed by atoms with E-state index in [1.54, 1.807) is 18.0 Å². The quantitative estimate of drug-likeness (QED) is 0.722. The van der Waals surface area contributed by atoms with Gasteiger partial charge >= 0.3 is 0 Å². The molecule has 0 atom stereocenters. The fourth-order valence-corrected chi connectivity index (χ4v) is 1.21. The van der Waals surface area contributed by atoms with Gasteiger partial charge in [0.25, 0.3) is 0 Å². The van der Waals surface area contributed by atoms with Crippen LogP contribution in [0.3, 0.4) is 0 Å². The van der Waals surface area contributed by atoms with Gasteiger partial charge in [0.15, 0.2) is 5.75 Å². The second-order valence-corrected chi connectivity index (χ2v) is 3.34. The summed E-state index contributed by atoms with van der Waals surface area (Å²) in [5.41, 5.74) is 0.731. The molecule has 0 aliphatic heterocycles. The van der Waals surface area contributed by atoms with Crippen LogP contribution in [-0.2, 0) is 13.2 Å². The van der Waals surface area contributed by atoms with Gasteiger partial charge in [-0.2, -0.15) is 5.10 Å². The zero-order valence-corrected chi connectivity index (χ0v) is 8.90. The topological polar surface area (TPSA) is 50.5 Å². The maximum Gasteiger partial charge on any atom is 0.162 e. The molecule has 0 amide bonds. The van der Waals surface area contributed by atoms with Crippen LogP contribution < -0.4 is 4.74 Å². The second kappa shape index (κ2) is 4.97. The minimum absolute atomic E-state index is 0.0450. The summed E-state index contributed by atoms with van der Waals surface area (Å²) in [7, 11) is 5.57. The van der Waals surface area contributed by atoms with Gasteiger partial charge in [0.2, 0.25) is 0 Å². The lowest BCUT2D eigenvalue weighted by Crippen LogP contribution is -2.20. The Labute approximate surface area is 83.9 Å². The van der Waals surface area contributed by atoms with E-state index >= 15 is 0 Å². The molecule has 0 bridgehead atoms. The van der Waals surface area contributed by atoms with Crippen molar-refractivity contribution in [3.8, 4) is 5.75 Å². The van der Waals surface area contributed by atoms with Crippen LogP contribution >= 0.6 is 0 Å². The molecule has 0 aliphatic rings. The fraction of sp³-hybridized carbons (Fsp3) is 0.667. The molecule has 0 aliphatic carbocycles. The van der Waals surface area contributed by atoms with Crippen molar-refractivity contribution >= 4 is 0 Å². The minimum Gasteiger partial charge on any atom is -0.493 e. The summed E-state index contributed by atoms with van der Waals surface area (Å²) >= 11 is 0.